The van der Waals surface area contributed by atoms with Crippen molar-refractivity contribution in [1.29, 1.82) is 0 Å². The monoisotopic (exact) mass is 286 g/mol. The molecule has 1 saturated heterocycles. The second-order valence-electron chi connectivity index (χ2n) is 4.95. The Balaban J connectivity index is 1.56. The van der Waals surface area contributed by atoms with Crippen molar-refractivity contribution in [3.05, 3.63) is 42.7 Å². The van der Waals surface area contributed by atoms with Gasteiger partial charge in [-0.15, -0.1) is 0 Å². The van der Waals surface area contributed by atoms with Crippen LogP contribution in [0.15, 0.2) is 42.7 Å². The van der Waals surface area contributed by atoms with Gasteiger partial charge in [0.05, 0.1) is 24.8 Å². The van der Waals surface area contributed by atoms with E-state index in [1.54, 1.807) is 10.9 Å². The van der Waals surface area contributed by atoms with Gasteiger partial charge in [-0.05, 0) is 30.3 Å². The molecule has 1 aromatic carbocycles. The smallest absolute Gasteiger partial charge is 0.227 e. The lowest BCUT2D eigenvalue weighted by atomic mass is 10.2. The fourth-order valence-electron chi connectivity index (χ4n) is 2.29. The first-order valence-corrected chi connectivity index (χ1v) is 7.03. The van der Waals surface area contributed by atoms with Gasteiger partial charge in [-0.25, -0.2) is 4.68 Å². The van der Waals surface area contributed by atoms with Gasteiger partial charge in [0.25, 0.3) is 0 Å². The standard InChI is InChI=1S/C15H18N4O2/c20-15(10-14-11-16-7-9-21-14)18-12-2-4-13(5-3-12)19-8-1-6-17-19/h1-6,8,14,16H,7,9-11H2,(H,18,20). The van der Waals surface area contributed by atoms with Crippen LogP contribution >= 0.6 is 0 Å². The molecule has 21 heavy (non-hydrogen) atoms. The normalized spacial score (nSPS) is 18.4. The number of ether oxygens (including phenoxy) is 1. The van der Waals surface area contributed by atoms with Crippen LogP contribution in [0.5, 0.6) is 0 Å². The molecule has 110 valence electrons. The number of hydrogen-bond acceptors (Lipinski definition) is 4. The highest BCUT2D eigenvalue weighted by Gasteiger charge is 2.17. The zero-order valence-corrected chi connectivity index (χ0v) is 11.7. The van der Waals surface area contributed by atoms with Crippen LogP contribution in [-0.2, 0) is 9.53 Å². The predicted octanol–water partition coefficient (Wildman–Crippen LogP) is 1.19. The summed E-state index contributed by atoms with van der Waals surface area (Å²) in [5.74, 6) is -0.0319. The fraction of sp³-hybridized carbons (Fsp3) is 0.333. The maximum atomic E-state index is 12.0. The van der Waals surface area contributed by atoms with Gasteiger partial charge in [0.1, 0.15) is 0 Å². The van der Waals surface area contributed by atoms with Gasteiger partial charge in [-0.2, -0.15) is 5.10 Å². The quantitative estimate of drug-likeness (QED) is 0.886. The van der Waals surface area contributed by atoms with Crippen molar-refractivity contribution < 1.29 is 9.53 Å². The number of rotatable bonds is 4. The Kier molecular flexibility index (Phi) is 4.28. The van der Waals surface area contributed by atoms with Crippen LogP contribution < -0.4 is 10.6 Å². The molecule has 0 spiro atoms. The fourth-order valence-corrected chi connectivity index (χ4v) is 2.29. The maximum Gasteiger partial charge on any atom is 0.227 e. The average Bonchev–Trinajstić information content (AvgIpc) is 3.03. The van der Waals surface area contributed by atoms with Crippen LogP contribution in [0, 0.1) is 0 Å². The minimum atomic E-state index is -0.0397. The van der Waals surface area contributed by atoms with Gasteiger partial charge in [-0.3, -0.25) is 4.79 Å². The third kappa shape index (κ3) is 3.68. The molecule has 2 N–H and O–H groups in total. The molecule has 6 nitrogen and oxygen atoms in total. The van der Waals surface area contributed by atoms with E-state index in [2.05, 4.69) is 15.7 Å². The second kappa shape index (κ2) is 6.51. The highest BCUT2D eigenvalue weighted by atomic mass is 16.5. The highest BCUT2D eigenvalue weighted by Crippen LogP contribution is 2.13. The molecule has 1 atom stereocenters. The van der Waals surface area contributed by atoms with E-state index in [1.807, 2.05) is 36.5 Å². The van der Waals surface area contributed by atoms with Crippen LogP contribution in [0.4, 0.5) is 5.69 Å². The first-order chi connectivity index (χ1) is 10.3. The summed E-state index contributed by atoms with van der Waals surface area (Å²) < 4.78 is 7.29. The van der Waals surface area contributed by atoms with Gasteiger partial charge < -0.3 is 15.4 Å². The molecule has 0 bridgehead atoms. The van der Waals surface area contributed by atoms with Crippen molar-refractivity contribution in [3.63, 3.8) is 0 Å². The van der Waals surface area contributed by atoms with Crippen molar-refractivity contribution in [1.82, 2.24) is 15.1 Å². The van der Waals surface area contributed by atoms with E-state index in [-0.39, 0.29) is 12.0 Å². The third-order valence-corrected chi connectivity index (χ3v) is 3.34. The van der Waals surface area contributed by atoms with Crippen LogP contribution in [0.1, 0.15) is 6.42 Å². The number of carbonyl (C=O) groups excluding carboxylic acids is 1. The minimum absolute atomic E-state index is 0.0319. The largest absolute Gasteiger partial charge is 0.375 e. The Labute approximate surface area is 123 Å². The molecule has 6 heteroatoms. The van der Waals surface area contributed by atoms with Crippen LogP contribution in [-0.4, -0.2) is 41.5 Å². The number of nitrogens with zero attached hydrogens (tertiary/aromatic N) is 2. The van der Waals surface area contributed by atoms with E-state index in [9.17, 15) is 4.79 Å². The molecule has 1 aliphatic heterocycles. The molecule has 1 amide bonds. The van der Waals surface area contributed by atoms with Gasteiger partial charge in [-0.1, -0.05) is 0 Å². The molecular formula is C15H18N4O2. The van der Waals surface area contributed by atoms with E-state index in [1.165, 1.54) is 0 Å². The molecule has 2 aromatic rings. The Bertz CT molecular complexity index is 574. The second-order valence-corrected chi connectivity index (χ2v) is 4.95. The Morgan fingerprint density at radius 1 is 1.43 bits per heavy atom. The number of amides is 1. The van der Waals surface area contributed by atoms with Crippen LogP contribution in [0.25, 0.3) is 5.69 Å². The first kappa shape index (κ1) is 13.8. The minimum Gasteiger partial charge on any atom is -0.375 e. The Morgan fingerprint density at radius 3 is 2.95 bits per heavy atom. The molecule has 1 unspecified atom stereocenters. The SMILES string of the molecule is O=C(CC1CNCCO1)Nc1ccc(-n2cccn2)cc1. The average molecular weight is 286 g/mol. The maximum absolute atomic E-state index is 12.0. The summed E-state index contributed by atoms with van der Waals surface area (Å²) in [4.78, 5) is 12.0. The van der Waals surface area contributed by atoms with Gasteiger partial charge in [0.15, 0.2) is 0 Å². The summed E-state index contributed by atoms with van der Waals surface area (Å²) in [5.41, 5.74) is 1.73. The lowest BCUT2D eigenvalue weighted by Gasteiger charge is -2.23. The van der Waals surface area contributed by atoms with Crippen molar-refractivity contribution in [3.8, 4) is 5.69 Å². The van der Waals surface area contributed by atoms with Gasteiger partial charge in [0, 0.05) is 31.2 Å². The summed E-state index contributed by atoms with van der Waals surface area (Å²) in [6.07, 6.45) is 3.94. The van der Waals surface area contributed by atoms with Crippen molar-refractivity contribution in [2.75, 3.05) is 25.0 Å². The van der Waals surface area contributed by atoms with E-state index in [0.29, 0.717) is 13.0 Å². The number of carbonyl (C=O) groups is 1. The van der Waals surface area contributed by atoms with E-state index in [4.69, 9.17) is 4.74 Å². The first-order valence-electron chi connectivity index (χ1n) is 7.03. The van der Waals surface area contributed by atoms with Gasteiger partial charge >= 0.3 is 0 Å². The zero-order chi connectivity index (χ0) is 14.5. The van der Waals surface area contributed by atoms with Crippen molar-refractivity contribution in [2.45, 2.75) is 12.5 Å². The van der Waals surface area contributed by atoms with Crippen molar-refractivity contribution in [2.24, 2.45) is 0 Å². The summed E-state index contributed by atoms with van der Waals surface area (Å²) in [7, 11) is 0. The lowest BCUT2D eigenvalue weighted by Crippen LogP contribution is -2.40. The predicted molar refractivity (Wildman–Crippen MR) is 79.4 cm³/mol. The summed E-state index contributed by atoms with van der Waals surface area (Å²) >= 11 is 0. The summed E-state index contributed by atoms with van der Waals surface area (Å²) in [6.45, 7) is 2.25. The topological polar surface area (TPSA) is 68.2 Å². The van der Waals surface area contributed by atoms with E-state index < -0.39 is 0 Å². The summed E-state index contributed by atoms with van der Waals surface area (Å²) in [6, 6.07) is 9.44. The molecule has 0 aliphatic carbocycles. The number of nitrogens with one attached hydrogen (secondary N) is 2. The molecule has 0 saturated carbocycles. The van der Waals surface area contributed by atoms with Crippen LogP contribution in [0.2, 0.25) is 0 Å². The number of benzene rings is 1. The molecule has 1 fully saturated rings. The molecular weight excluding hydrogens is 268 g/mol. The number of hydrogen-bond donors (Lipinski definition) is 2. The lowest BCUT2D eigenvalue weighted by molar-refractivity contribution is -0.119. The summed E-state index contributed by atoms with van der Waals surface area (Å²) in [5, 5.41) is 10.3. The van der Waals surface area contributed by atoms with Crippen LogP contribution in [0.3, 0.4) is 0 Å². The highest BCUT2D eigenvalue weighted by molar-refractivity contribution is 5.91. The molecule has 0 radical (unpaired) electrons. The number of aromatic nitrogens is 2. The third-order valence-electron chi connectivity index (χ3n) is 3.34. The van der Waals surface area contributed by atoms with Gasteiger partial charge in [0.2, 0.25) is 5.91 Å². The Hall–Kier alpha value is -2.18. The Morgan fingerprint density at radius 2 is 2.29 bits per heavy atom. The van der Waals surface area contributed by atoms with Crippen molar-refractivity contribution >= 4 is 11.6 Å². The number of anilines is 1. The van der Waals surface area contributed by atoms with E-state index >= 15 is 0 Å². The molecule has 3 rings (SSSR count). The molecule has 2 heterocycles. The van der Waals surface area contributed by atoms with E-state index in [0.717, 1.165) is 24.5 Å². The molecule has 1 aliphatic rings. The number of morpholine rings is 1. The zero-order valence-electron chi connectivity index (χ0n) is 11.7. The molecule has 1 aromatic heterocycles.